The zero-order valence-electron chi connectivity index (χ0n) is 7.42. The maximum Gasteiger partial charge on any atom is 0.0653 e. The molecule has 0 aliphatic heterocycles. The van der Waals surface area contributed by atoms with Crippen molar-refractivity contribution in [3.8, 4) is 0 Å². The summed E-state index contributed by atoms with van der Waals surface area (Å²) >= 11 is 0. The Kier molecular flexibility index (Phi) is 4.37. The third-order valence-corrected chi connectivity index (χ3v) is 1.82. The SMILES string of the molecule is C=C[C@H](C)[C@@H](OC)C(C)C. The fourth-order valence-electron chi connectivity index (χ4n) is 1.23. The summed E-state index contributed by atoms with van der Waals surface area (Å²) in [4.78, 5) is 0. The van der Waals surface area contributed by atoms with Crippen molar-refractivity contribution in [1.82, 2.24) is 0 Å². The van der Waals surface area contributed by atoms with Crippen molar-refractivity contribution in [2.45, 2.75) is 26.9 Å². The van der Waals surface area contributed by atoms with Crippen LogP contribution in [-0.4, -0.2) is 13.2 Å². The van der Waals surface area contributed by atoms with E-state index in [4.69, 9.17) is 4.74 Å². The number of ether oxygens (including phenoxy) is 1. The molecule has 0 bridgehead atoms. The molecule has 0 radical (unpaired) electrons. The Morgan fingerprint density at radius 3 is 1.90 bits per heavy atom. The lowest BCUT2D eigenvalue weighted by molar-refractivity contribution is 0.0380. The predicted octanol–water partition coefficient (Wildman–Crippen LogP) is 2.48. The second-order valence-electron chi connectivity index (χ2n) is 3.04. The van der Waals surface area contributed by atoms with Gasteiger partial charge >= 0.3 is 0 Å². The summed E-state index contributed by atoms with van der Waals surface area (Å²) < 4.78 is 5.29. The summed E-state index contributed by atoms with van der Waals surface area (Å²) in [5.41, 5.74) is 0. The predicted molar refractivity (Wildman–Crippen MR) is 45.0 cm³/mol. The van der Waals surface area contributed by atoms with Gasteiger partial charge in [0.25, 0.3) is 0 Å². The monoisotopic (exact) mass is 142 g/mol. The summed E-state index contributed by atoms with van der Waals surface area (Å²) in [6.45, 7) is 10.2. The summed E-state index contributed by atoms with van der Waals surface area (Å²) in [5, 5.41) is 0. The third kappa shape index (κ3) is 2.53. The zero-order chi connectivity index (χ0) is 8.15. The molecule has 1 nitrogen and oxygen atoms in total. The van der Waals surface area contributed by atoms with Crippen molar-refractivity contribution in [3.63, 3.8) is 0 Å². The minimum Gasteiger partial charge on any atom is -0.381 e. The van der Waals surface area contributed by atoms with E-state index in [9.17, 15) is 0 Å². The van der Waals surface area contributed by atoms with Crippen molar-refractivity contribution in [3.05, 3.63) is 12.7 Å². The van der Waals surface area contributed by atoms with Gasteiger partial charge in [0.15, 0.2) is 0 Å². The molecule has 0 unspecified atom stereocenters. The molecule has 0 amide bonds. The Hall–Kier alpha value is -0.300. The van der Waals surface area contributed by atoms with E-state index in [-0.39, 0.29) is 0 Å². The first-order valence-corrected chi connectivity index (χ1v) is 3.78. The topological polar surface area (TPSA) is 9.23 Å². The van der Waals surface area contributed by atoms with Crippen LogP contribution in [0.1, 0.15) is 20.8 Å². The molecule has 1 heteroatoms. The average molecular weight is 142 g/mol. The van der Waals surface area contributed by atoms with Crippen LogP contribution in [0.25, 0.3) is 0 Å². The van der Waals surface area contributed by atoms with Crippen LogP contribution in [-0.2, 0) is 4.74 Å². The van der Waals surface area contributed by atoms with Crippen LogP contribution in [0, 0.1) is 11.8 Å². The Morgan fingerprint density at radius 1 is 1.30 bits per heavy atom. The number of rotatable bonds is 4. The molecule has 10 heavy (non-hydrogen) atoms. The molecule has 0 saturated heterocycles. The average Bonchev–Trinajstić information content (AvgIpc) is 1.88. The molecule has 0 fully saturated rings. The second-order valence-corrected chi connectivity index (χ2v) is 3.04. The van der Waals surface area contributed by atoms with Gasteiger partial charge in [0.1, 0.15) is 0 Å². The van der Waals surface area contributed by atoms with Crippen LogP contribution in [0.4, 0.5) is 0 Å². The van der Waals surface area contributed by atoms with Crippen molar-refractivity contribution in [2.24, 2.45) is 11.8 Å². The molecule has 0 saturated carbocycles. The maximum absolute atomic E-state index is 5.29. The van der Waals surface area contributed by atoms with E-state index in [2.05, 4.69) is 27.4 Å². The van der Waals surface area contributed by atoms with Gasteiger partial charge in [-0.15, -0.1) is 6.58 Å². The largest absolute Gasteiger partial charge is 0.381 e. The first-order chi connectivity index (χ1) is 4.63. The highest BCUT2D eigenvalue weighted by Gasteiger charge is 2.16. The standard InChI is InChI=1S/C9H18O/c1-6-8(4)9(10-5)7(2)3/h6-9H,1H2,2-5H3/t8-,9-/m0/s1. The van der Waals surface area contributed by atoms with Crippen LogP contribution in [0.2, 0.25) is 0 Å². The smallest absolute Gasteiger partial charge is 0.0653 e. The molecule has 2 atom stereocenters. The lowest BCUT2D eigenvalue weighted by Gasteiger charge is -2.23. The van der Waals surface area contributed by atoms with E-state index in [1.807, 2.05) is 6.08 Å². The lowest BCUT2D eigenvalue weighted by Crippen LogP contribution is -2.24. The van der Waals surface area contributed by atoms with Crippen molar-refractivity contribution in [1.29, 1.82) is 0 Å². The van der Waals surface area contributed by atoms with Crippen molar-refractivity contribution >= 4 is 0 Å². The van der Waals surface area contributed by atoms with Crippen LogP contribution in [0.3, 0.4) is 0 Å². The minimum absolute atomic E-state index is 0.317. The van der Waals surface area contributed by atoms with E-state index in [1.54, 1.807) is 7.11 Å². The summed E-state index contributed by atoms with van der Waals surface area (Å²) in [7, 11) is 1.75. The Labute approximate surface area is 64.1 Å². The Bertz CT molecular complexity index is 96.9. The van der Waals surface area contributed by atoms with Gasteiger partial charge in [-0.1, -0.05) is 26.8 Å². The molecule has 0 aromatic rings. The second kappa shape index (κ2) is 4.51. The van der Waals surface area contributed by atoms with Gasteiger partial charge in [0, 0.05) is 13.0 Å². The quantitative estimate of drug-likeness (QED) is 0.548. The highest BCUT2D eigenvalue weighted by Crippen LogP contribution is 2.15. The minimum atomic E-state index is 0.317. The first-order valence-electron chi connectivity index (χ1n) is 3.78. The fourth-order valence-corrected chi connectivity index (χ4v) is 1.23. The number of hydrogen-bond acceptors (Lipinski definition) is 1. The first kappa shape index (κ1) is 9.70. The van der Waals surface area contributed by atoms with E-state index in [0.717, 1.165) is 0 Å². The molecular weight excluding hydrogens is 124 g/mol. The van der Waals surface area contributed by atoms with Crippen molar-refractivity contribution < 1.29 is 4.74 Å². The van der Waals surface area contributed by atoms with E-state index in [1.165, 1.54) is 0 Å². The van der Waals surface area contributed by atoms with Crippen LogP contribution < -0.4 is 0 Å². The van der Waals surface area contributed by atoms with Crippen LogP contribution in [0.5, 0.6) is 0 Å². The van der Waals surface area contributed by atoms with Gasteiger partial charge in [-0.05, 0) is 5.92 Å². The van der Waals surface area contributed by atoms with E-state index in [0.29, 0.717) is 17.9 Å². The molecule has 0 N–H and O–H groups in total. The van der Waals surface area contributed by atoms with Gasteiger partial charge in [-0.3, -0.25) is 0 Å². The van der Waals surface area contributed by atoms with Crippen LogP contribution >= 0.6 is 0 Å². The molecule has 0 spiro atoms. The maximum atomic E-state index is 5.29. The molecule has 0 aliphatic rings. The number of methoxy groups -OCH3 is 1. The highest BCUT2D eigenvalue weighted by atomic mass is 16.5. The zero-order valence-corrected chi connectivity index (χ0v) is 7.42. The van der Waals surface area contributed by atoms with E-state index >= 15 is 0 Å². The van der Waals surface area contributed by atoms with Crippen molar-refractivity contribution in [2.75, 3.05) is 7.11 Å². The van der Waals surface area contributed by atoms with E-state index < -0.39 is 0 Å². The van der Waals surface area contributed by atoms with Gasteiger partial charge < -0.3 is 4.74 Å². The molecule has 0 aliphatic carbocycles. The normalized spacial score (nSPS) is 16.9. The Morgan fingerprint density at radius 2 is 1.80 bits per heavy atom. The van der Waals surface area contributed by atoms with Gasteiger partial charge in [0.2, 0.25) is 0 Å². The number of hydrogen-bond donors (Lipinski definition) is 0. The Balaban J connectivity index is 3.92. The van der Waals surface area contributed by atoms with Gasteiger partial charge in [0.05, 0.1) is 6.10 Å². The summed E-state index contributed by atoms with van der Waals surface area (Å²) in [6.07, 6.45) is 2.26. The van der Waals surface area contributed by atoms with Crippen LogP contribution in [0.15, 0.2) is 12.7 Å². The third-order valence-electron chi connectivity index (χ3n) is 1.82. The molecule has 60 valence electrons. The summed E-state index contributed by atoms with van der Waals surface area (Å²) in [6, 6.07) is 0. The molecule has 0 aromatic carbocycles. The molecule has 0 heterocycles. The molecule has 0 rings (SSSR count). The van der Waals surface area contributed by atoms with Gasteiger partial charge in [-0.25, -0.2) is 0 Å². The van der Waals surface area contributed by atoms with Gasteiger partial charge in [-0.2, -0.15) is 0 Å². The molecular formula is C9H18O. The summed E-state index contributed by atoms with van der Waals surface area (Å²) in [5.74, 6) is 1.02. The fraction of sp³-hybridized carbons (Fsp3) is 0.778. The highest BCUT2D eigenvalue weighted by molar-refractivity contribution is 4.83. The lowest BCUT2D eigenvalue weighted by atomic mass is 9.95. The molecule has 0 aromatic heterocycles.